The summed E-state index contributed by atoms with van der Waals surface area (Å²) in [5, 5.41) is 0. The fourth-order valence-electron chi connectivity index (χ4n) is 2.86. The van der Waals surface area contributed by atoms with Crippen molar-refractivity contribution in [3.05, 3.63) is 0 Å². The monoisotopic (exact) mass is 224 g/mol. The van der Waals surface area contributed by atoms with Crippen molar-refractivity contribution in [1.82, 2.24) is 0 Å². The topological polar surface area (TPSA) is 17.1 Å². The molecular formula is C13H24OSi. The van der Waals surface area contributed by atoms with Crippen molar-refractivity contribution in [3.8, 4) is 11.8 Å². The van der Waals surface area contributed by atoms with Gasteiger partial charge in [0.25, 0.3) is 0 Å². The highest BCUT2D eigenvalue weighted by Crippen LogP contribution is 2.43. The average molecular weight is 224 g/mol. The van der Waals surface area contributed by atoms with E-state index in [-0.39, 0.29) is 0 Å². The Bertz CT molecular complexity index is 234. The molecule has 0 amide bonds. The van der Waals surface area contributed by atoms with E-state index >= 15 is 0 Å². The summed E-state index contributed by atoms with van der Waals surface area (Å²) >= 11 is 0. The van der Waals surface area contributed by atoms with Crippen LogP contribution in [0.25, 0.3) is 0 Å². The SMILES string of the molecule is CC(C)[Si](CC#CC=O)(C(C)C)C(C)C. The molecule has 0 rings (SSSR count). The largest absolute Gasteiger partial charge is 0.289 e. The van der Waals surface area contributed by atoms with Gasteiger partial charge in [-0.1, -0.05) is 47.5 Å². The van der Waals surface area contributed by atoms with Crippen LogP contribution in [0.5, 0.6) is 0 Å². The zero-order chi connectivity index (χ0) is 12.1. The molecule has 0 saturated heterocycles. The van der Waals surface area contributed by atoms with Crippen molar-refractivity contribution in [2.24, 2.45) is 0 Å². The minimum atomic E-state index is -1.40. The van der Waals surface area contributed by atoms with Crippen LogP contribution in [-0.4, -0.2) is 14.4 Å². The van der Waals surface area contributed by atoms with E-state index < -0.39 is 8.07 Å². The smallest absolute Gasteiger partial charge is 0.192 e. The van der Waals surface area contributed by atoms with Crippen LogP contribution in [0.1, 0.15) is 41.5 Å². The van der Waals surface area contributed by atoms with E-state index in [1.54, 1.807) is 0 Å². The highest BCUT2D eigenvalue weighted by molar-refractivity contribution is 6.84. The summed E-state index contributed by atoms with van der Waals surface area (Å²) in [5.41, 5.74) is 2.16. The molecule has 0 radical (unpaired) electrons. The molecule has 0 aliphatic rings. The van der Waals surface area contributed by atoms with E-state index in [0.29, 0.717) is 6.29 Å². The van der Waals surface area contributed by atoms with Gasteiger partial charge in [0.05, 0.1) is 8.07 Å². The number of rotatable bonds is 4. The van der Waals surface area contributed by atoms with Crippen LogP contribution in [-0.2, 0) is 4.79 Å². The molecule has 0 fully saturated rings. The molecule has 0 saturated carbocycles. The first kappa shape index (κ1) is 14.4. The first-order valence-corrected chi connectivity index (χ1v) is 8.25. The molecule has 0 heterocycles. The van der Waals surface area contributed by atoms with Gasteiger partial charge in [-0.2, -0.15) is 0 Å². The lowest BCUT2D eigenvalue weighted by atomic mass is 10.5. The number of hydrogen-bond donors (Lipinski definition) is 0. The fourth-order valence-corrected chi connectivity index (χ4v) is 8.49. The summed E-state index contributed by atoms with van der Waals surface area (Å²) in [6.07, 6.45) is 0.708. The van der Waals surface area contributed by atoms with Gasteiger partial charge in [-0.15, -0.1) is 0 Å². The van der Waals surface area contributed by atoms with Gasteiger partial charge in [0, 0.05) is 6.04 Å². The molecular weight excluding hydrogens is 200 g/mol. The summed E-state index contributed by atoms with van der Waals surface area (Å²) < 4.78 is 0. The van der Waals surface area contributed by atoms with Crippen molar-refractivity contribution in [3.63, 3.8) is 0 Å². The molecule has 1 nitrogen and oxygen atoms in total. The maximum Gasteiger partial charge on any atom is 0.192 e. The van der Waals surface area contributed by atoms with E-state index in [0.717, 1.165) is 22.7 Å². The lowest BCUT2D eigenvalue weighted by Crippen LogP contribution is -2.43. The minimum Gasteiger partial charge on any atom is -0.289 e. The molecule has 0 bridgehead atoms. The Hall–Kier alpha value is -0.553. The molecule has 86 valence electrons. The molecule has 0 aliphatic heterocycles. The first-order chi connectivity index (χ1) is 6.89. The number of hydrogen-bond acceptors (Lipinski definition) is 1. The molecule has 15 heavy (non-hydrogen) atoms. The van der Waals surface area contributed by atoms with Crippen molar-refractivity contribution >= 4 is 14.4 Å². The van der Waals surface area contributed by atoms with Crippen LogP contribution >= 0.6 is 0 Å². The molecule has 0 aromatic rings. The van der Waals surface area contributed by atoms with Gasteiger partial charge in [-0.05, 0) is 22.5 Å². The Morgan fingerprint density at radius 1 is 1.00 bits per heavy atom. The summed E-state index contributed by atoms with van der Waals surface area (Å²) in [4.78, 5) is 10.2. The van der Waals surface area contributed by atoms with E-state index in [4.69, 9.17) is 0 Å². The van der Waals surface area contributed by atoms with Crippen LogP contribution in [0.3, 0.4) is 0 Å². The highest BCUT2D eigenvalue weighted by atomic mass is 28.3. The van der Waals surface area contributed by atoms with Gasteiger partial charge < -0.3 is 0 Å². The molecule has 0 unspecified atom stereocenters. The maximum atomic E-state index is 10.2. The minimum absolute atomic E-state index is 0.708. The van der Waals surface area contributed by atoms with Gasteiger partial charge >= 0.3 is 0 Å². The fraction of sp³-hybridized carbons (Fsp3) is 0.769. The zero-order valence-electron chi connectivity index (χ0n) is 10.9. The zero-order valence-corrected chi connectivity index (χ0v) is 11.9. The number of aldehydes is 1. The molecule has 0 spiro atoms. The molecule has 0 aromatic heterocycles. The van der Waals surface area contributed by atoms with Crippen molar-refractivity contribution in [2.75, 3.05) is 0 Å². The number of carbonyl (C=O) groups excluding carboxylic acids is 1. The van der Waals surface area contributed by atoms with E-state index in [1.165, 1.54) is 0 Å². The second kappa shape index (κ2) is 6.12. The molecule has 0 atom stereocenters. The van der Waals surface area contributed by atoms with Gasteiger partial charge in [0.2, 0.25) is 0 Å². The van der Waals surface area contributed by atoms with Gasteiger partial charge in [0.1, 0.15) is 0 Å². The summed E-state index contributed by atoms with van der Waals surface area (Å²) in [5.74, 6) is 5.64. The second-order valence-corrected chi connectivity index (χ2v) is 11.2. The predicted octanol–water partition coefficient (Wildman–Crippen LogP) is 3.87. The highest BCUT2D eigenvalue weighted by Gasteiger charge is 2.41. The Morgan fingerprint density at radius 2 is 1.40 bits per heavy atom. The van der Waals surface area contributed by atoms with Crippen molar-refractivity contribution in [1.29, 1.82) is 0 Å². The third-order valence-electron chi connectivity index (χ3n) is 3.78. The van der Waals surface area contributed by atoms with E-state index in [1.807, 2.05) is 0 Å². The van der Waals surface area contributed by atoms with Gasteiger partial charge in [-0.3, -0.25) is 4.79 Å². The van der Waals surface area contributed by atoms with Crippen LogP contribution in [0.15, 0.2) is 0 Å². The van der Waals surface area contributed by atoms with Crippen molar-refractivity contribution in [2.45, 2.75) is 64.2 Å². The summed E-state index contributed by atoms with van der Waals surface area (Å²) in [6.45, 7) is 13.9. The van der Waals surface area contributed by atoms with Gasteiger partial charge in [-0.25, -0.2) is 0 Å². The van der Waals surface area contributed by atoms with Crippen LogP contribution < -0.4 is 0 Å². The predicted molar refractivity (Wildman–Crippen MR) is 69.7 cm³/mol. The second-order valence-electron chi connectivity index (χ2n) is 5.19. The summed E-state index contributed by atoms with van der Waals surface area (Å²) in [7, 11) is -1.40. The molecule has 0 N–H and O–H groups in total. The van der Waals surface area contributed by atoms with E-state index in [2.05, 4.69) is 53.4 Å². The van der Waals surface area contributed by atoms with Crippen molar-refractivity contribution < 1.29 is 4.79 Å². The Balaban J connectivity index is 5.04. The van der Waals surface area contributed by atoms with Crippen LogP contribution in [0.4, 0.5) is 0 Å². The third-order valence-corrected chi connectivity index (χ3v) is 11.0. The standard InChI is InChI=1S/C13H24OSi/c1-11(2)15(12(3)4,13(5)6)10-8-7-9-14/h9,11-13H,10H2,1-6H3. The molecule has 0 aromatic carbocycles. The lowest BCUT2D eigenvalue weighted by Gasteiger charge is -2.41. The maximum absolute atomic E-state index is 10.2. The first-order valence-electron chi connectivity index (χ1n) is 5.81. The number of carbonyl (C=O) groups is 1. The Labute approximate surface area is 95.7 Å². The molecule has 0 aliphatic carbocycles. The quantitative estimate of drug-likeness (QED) is 0.402. The van der Waals surface area contributed by atoms with Crippen LogP contribution in [0.2, 0.25) is 22.7 Å². The average Bonchev–Trinajstić information content (AvgIpc) is 2.10. The van der Waals surface area contributed by atoms with Gasteiger partial charge in [0.15, 0.2) is 6.29 Å². The summed E-state index contributed by atoms with van der Waals surface area (Å²) in [6, 6.07) is 0.957. The Kier molecular flexibility index (Phi) is 5.90. The lowest BCUT2D eigenvalue weighted by molar-refractivity contribution is -0.103. The molecule has 2 heteroatoms. The van der Waals surface area contributed by atoms with E-state index in [9.17, 15) is 4.79 Å². The Morgan fingerprint density at radius 3 is 1.67 bits per heavy atom. The third kappa shape index (κ3) is 3.20. The normalized spacial score (nSPS) is 11.8. The van der Waals surface area contributed by atoms with Crippen LogP contribution in [0, 0.1) is 11.8 Å².